The lowest BCUT2D eigenvalue weighted by Gasteiger charge is -2.34. The average Bonchev–Trinajstić information content (AvgIpc) is 3.19. The van der Waals surface area contributed by atoms with E-state index in [1.807, 2.05) is 41.4 Å². The molecular formula is C25H27ClFN3O. The van der Waals surface area contributed by atoms with Crippen molar-refractivity contribution in [3.8, 4) is 0 Å². The number of amides is 2. The third-order valence-corrected chi connectivity index (χ3v) is 6.09. The molecule has 0 bridgehead atoms. The molecule has 0 spiro atoms. The molecule has 6 heteroatoms. The van der Waals surface area contributed by atoms with Gasteiger partial charge < -0.3 is 14.8 Å². The molecule has 1 aliphatic carbocycles. The third kappa shape index (κ3) is 5.67. The number of hydrogen-bond acceptors (Lipinski definition) is 1. The molecule has 2 amide bonds. The van der Waals surface area contributed by atoms with Crippen molar-refractivity contribution in [2.75, 3.05) is 5.32 Å². The molecule has 4 rings (SSSR count). The average molecular weight is 440 g/mol. The standard InChI is InChI=1S/C25H27ClFN3O/c26-20-8-4-7-19(15-20)17-29-14-6-13-24(29)18-30(23-11-2-1-3-12-23)25(31)28-22-10-5-9-21(27)16-22/h4-10,13-16,23H,1-3,11-12,17-18H2,(H,28,31). The zero-order chi connectivity index (χ0) is 21.6. The molecule has 0 radical (unpaired) electrons. The maximum atomic E-state index is 13.6. The van der Waals surface area contributed by atoms with Gasteiger partial charge in [0.1, 0.15) is 5.82 Å². The van der Waals surface area contributed by atoms with Crippen molar-refractivity contribution >= 4 is 23.3 Å². The summed E-state index contributed by atoms with van der Waals surface area (Å²) in [5.41, 5.74) is 2.64. The maximum Gasteiger partial charge on any atom is 0.322 e. The molecule has 0 saturated heterocycles. The fourth-order valence-electron chi connectivity index (χ4n) is 4.27. The second-order valence-corrected chi connectivity index (χ2v) is 8.55. The van der Waals surface area contributed by atoms with E-state index in [9.17, 15) is 9.18 Å². The lowest BCUT2D eigenvalue weighted by Crippen LogP contribution is -2.43. The molecule has 3 aromatic rings. The second-order valence-electron chi connectivity index (χ2n) is 8.12. The second kappa shape index (κ2) is 10.0. The Hall–Kier alpha value is -2.79. The van der Waals surface area contributed by atoms with Crippen LogP contribution in [0.5, 0.6) is 0 Å². The van der Waals surface area contributed by atoms with E-state index in [1.54, 1.807) is 12.1 Å². The van der Waals surface area contributed by atoms with Crippen LogP contribution in [0.2, 0.25) is 5.02 Å². The summed E-state index contributed by atoms with van der Waals surface area (Å²) < 4.78 is 15.7. The van der Waals surface area contributed by atoms with Gasteiger partial charge in [0.05, 0.1) is 6.54 Å². The highest BCUT2D eigenvalue weighted by atomic mass is 35.5. The predicted molar refractivity (Wildman–Crippen MR) is 123 cm³/mol. The Morgan fingerprint density at radius 3 is 2.65 bits per heavy atom. The number of aromatic nitrogens is 1. The van der Waals surface area contributed by atoms with Crippen molar-refractivity contribution in [2.24, 2.45) is 0 Å². The lowest BCUT2D eigenvalue weighted by atomic mass is 9.94. The number of hydrogen-bond donors (Lipinski definition) is 1. The zero-order valence-electron chi connectivity index (χ0n) is 17.4. The van der Waals surface area contributed by atoms with Gasteiger partial charge in [0.15, 0.2) is 0 Å². The van der Waals surface area contributed by atoms with E-state index in [2.05, 4.69) is 16.0 Å². The van der Waals surface area contributed by atoms with E-state index in [0.29, 0.717) is 23.8 Å². The molecule has 1 N–H and O–H groups in total. The molecule has 1 aromatic heterocycles. The van der Waals surface area contributed by atoms with Gasteiger partial charge in [0.25, 0.3) is 0 Å². The largest absolute Gasteiger partial charge is 0.345 e. The summed E-state index contributed by atoms with van der Waals surface area (Å²) in [6.07, 6.45) is 7.47. The summed E-state index contributed by atoms with van der Waals surface area (Å²) in [5.74, 6) is -0.364. The quantitative estimate of drug-likeness (QED) is 0.456. The van der Waals surface area contributed by atoms with Crippen molar-refractivity contribution in [3.63, 3.8) is 0 Å². The lowest BCUT2D eigenvalue weighted by molar-refractivity contribution is 0.161. The normalized spacial score (nSPS) is 14.4. The van der Waals surface area contributed by atoms with Crippen LogP contribution in [0.4, 0.5) is 14.9 Å². The first-order valence-electron chi connectivity index (χ1n) is 10.8. The van der Waals surface area contributed by atoms with E-state index in [4.69, 9.17) is 11.6 Å². The van der Waals surface area contributed by atoms with Gasteiger partial charge in [-0.1, -0.05) is 49.1 Å². The summed E-state index contributed by atoms with van der Waals surface area (Å²) in [5, 5.41) is 3.60. The fourth-order valence-corrected chi connectivity index (χ4v) is 4.49. The van der Waals surface area contributed by atoms with E-state index < -0.39 is 0 Å². The molecule has 1 saturated carbocycles. The Morgan fingerprint density at radius 1 is 1.06 bits per heavy atom. The summed E-state index contributed by atoms with van der Waals surface area (Å²) in [4.78, 5) is 15.1. The minimum Gasteiger partial charge on any atom is -0.345 e. The summed E-state index contributed by atoms with van der Waals surface area (Å²) in [6.45, 7) is 1.19. The third-order valence-electron chi connectivity index (χ3n) is 5.85. The first-order chi connectivity index (χ1) is 15.1. The molecule has 162 valence electrons. The molecule has 1 fully saturated rings. The molecular weight excluding hydrogens is 413 g/mol. The summed E-state index contributed by atoms with van der Waals surface area (Å²) >= 11 is 6.14. The van der Waals surface area contributed by atoms with Crippen LogP contribution in [0, 0.1) is 5.82 Å². The van der Waals surface area contributed by atoms with Gasteiger partial charge in [-0.15, -0.1) is 0 Å². The van der Waals surface area contributed by atoms with E-state index in [-0.39, 0.29) is 17.9 Å². The number of benzene rings is 2. The Kier molecular flexibility index (Phi) is 6.92. The summed E-state index contributed by atoms with van der Waals surface area (Å²) in [7, 11) is 0. The highest BCUT2D eigenvalue weighted by molar-refractivity contribution is 6.30. The van der Waals surface area contributed by atoms with E-state index >= 15 is 0 Å². The predicted octanol–water partition coefficient (Wildman–Crippen LogP) is 6.70. The van der Waals surface area contributed by atoms with Crippen molar-refractivity contribution in [3.05, 3.63) is 89.0 Å². The molecule has 1 heterocycles. The Labute approximate surface area is 187 Å². The maximum absolute atomic E-state index is 13.6. The minimum atomic E-state index is -0.364. The van der Waals surface area contributed by atoms with Gasteiger partial charge in [-0.2, -0.15) is 0 Å². The van der Waals surface area contributed by atoms with Crippen molar-refractivity contribution in [2.45, 2.75) is 51.2 Å². The topological polar surface area (TPSA) is 37.3 Å². The van der Waals surface area contributed by atoms with Crippen LogP contribution >= 0.6 is 11.6 Å². The van der Waals surface area contributed by atoms with E-state index in [1.165, 1.54) is 18.6 Å². The first-order valence-corrected chi connectivity index (χ1v) is 11.2. The highest BCUT2D eigenvalue weighted by Crippen LogP contribution is 2.26. The first kappa shape index (κ1) is 21.4. The number of nitrogens with zero attached hydrogens (tertiary/aromatic N) is 2. The van der Waals surface area contributed by atoms with Crippen LogP contribution in [0.3, 0.4) is 0 Å². The molecule has 1 aliphatic rings. The van der Waals surface area contributed by atoms with Crippen LogP contribution in [-0.2, 0) is 13.1 Å². The number of nitrogens with one attached hydrogen (secondary N) is 1. The number of rotatable bonds is 6. The highest BCUT2D eigenvalue weighted by Gasteiger charge is 2.26. The van der Waals surface area contributed by atoms with Gasteiger partial charge >= 0.3 is 6.03 Å². The summed E-state index contributed by atoms with van der Waals surface area (Å²) in [6, 6.07) is 17.9. The number of urea groups is 1. The van der Waals surface area contributed by atoms with Gasteiger partial charge in [-0.25, -0.2) is 9.18 Å². The van der Waals surface area contributed by atoms with Crippen LogP contribution in [0.25, 0.3) is 0 Å². The number of anilines is 1. The smallest absolute Gasteiger partial charge is 0.322 e. The van der Waals surface area contributed by atoms with Crippen LogP contribution in [-0.4, -0.2) is 21.5 Å². The van der Waals surface area contributed by atoms with Gasteiger partial charge in [0, 0.05) is 35.2 Å². The van der Waals surface area contributed by atoms with Gasteiger partial charge in [0.2, 0.25) is 0 Å². The van der Waals surface area contributed by atoms with Crippen LogP contribution in [0.15, 0.2) is 66.9 Å². The number of carbonyl (C=O) groups excluding carboxylic acids is 1. The minimum absolute atomic E-state index is 0.178. The number of halogens is 2. The SMILES string of the molecule is O=C(Nc1cccc(F)c1)N(Cc1cccn1Cc1cccc(Cl)c1)C1CCCCC1. The van der Waals surface area contributed by atoms with Crippen LogP contribution in [0.1, 0.15) is 43.4 Å². The molecule has 4 nitrogen and oxygen atoms in total. The van der Waals surface area contributed by atoms with Crippen molar-refractivity contribution in [1.29, 1.82) is 0 Å². The van der Waals surface area contributed by atoms with Crippen LogP contribution < -0.4 is 5.32 Å². The fraction of sp³-hybridized carbons (Fsp3) is 0.320. The molecule has 0 unspecified atom stereocenters. The van der Waals surface area contributed by atoms with Gasteiger partial charge in [-0.3, -0.25) is 0 Å². The monoisotopic (exact) mass is 439 g/mol. The molecule has 2 aromatic carbocycles. The molecule has 0 aliphatic heterocycles. The Morgan fingerprint density at radius 2 is 1.87 bits per heavy atom. The van der Waals surface area contributed by atoms with Crippen molar-refractivity contribution < 1.29 is 9.18 Å². The Bertz CT molecular complexity index is 1030. The number of carbonyl (C=O) groups is 1. The van der Waals surface area contributed by atoms with Gasteiger partial charge in [-0.05, 0) is 60.9 Å². The molecule has 31 heavy (non-hydrogen) atoms. The zero-order valence-corrected chi connectivity index (χ0v) is 18.2. The van der Waals surface area contributed by atoms with E-state index in [0.717, 1.165) is 36.9 Å². The molecule has 0 atom stereocenters. The Balaban J connectivity index is 1.54. The van der Waals surface area contributed by atoms with Crippen molar-refractivity contribution in [1.82, 2.24) is 9.47 Å².